The first-order valence-corrected chi connectivity index (χ1v) is 13.2. The minimum atomic E-state index is -0.124. The number of amides is 2. The second kappa shape index (κ2) is 11.5. The quantitative estimate of drug-likeness (QED) is 0.552. The molecule has 2 aliphatic rings. The molecule has 6 nitrogen and oxygen atoms in total. The summed E-state index contributed by atoms with van der Waals surface area (Å²) < 4.78 is 11.8. The molecule has 2 amide bonds. The third-order valence-corrected chi connectivity index (χ3v) is 6.95. The minimum absolute atomic E-state index is 0.000375. The van der Waals surface area contributed by atoms with Crippen molar-refractivity contribution < 1.29 is 19.1 Å². The second-order valence-corrected chi connectivity index (χ2v) is 9.76. The van der Waals surface area contributed by atoms with E-state index in [4.69, 9.17) is 9.47 Å². The number of nitrogens with one attached hydrogen (secondary N) is 1. The zero-order chi connectivity index (χ0) is 25.6. The van der Waals surface area contributed by atoms with E-state index in [-0.39, 0.29) is 18.2 Å². The molecule has 3 aromatic carbocycles. The molecule has 0 spiro atoms. The number of ether oxygens (including phenoxy) is 2. The fourth-order valence-corrected chi connectivity index (χ4v) is 4.78. The molecule has 6 heteroatoms. The summed E-state index contributed by atoms with van der Waals surface area (Å²) in [6.45, 7) is 4.17. The van der Waals surface area contributed by atoms with Crippen LogP contribution in [0.4, 0.5) is 0 Å². The molecule has 0 atom stereocenters. The van der Waals surface area contributed by atoms with E-state index in [1.807, 2.05) is 49.4 Å². The van der Waals surface area contributed by atoms with Crippen molar-refractivity contribution in [2.75, 3.05) is 32.8 Å². The van der Waals surface area contributed by atoms with E-state index in [1.165, 1.54) is 18.4 Å². The van der Waals surface area contributed by atoms with E-state index in [0.29, 0.717) is 50.8 Å². The largest absolute Gasteiger partial charge is 0.494 e. The summed E-state index contributed by atoms with van der Waals surface area (Å²) in [5.41, 5.74) is 5.10. The molecule has 1 saturated carbocycles. The third-order valence-electron chi connectivity index (χ3n) is 6.95. The molecule has 1 aliphatic carbocycles. The van der Waals surface area contributed by atoms with Crippen LogP contribution in [0.3, 0.4) is 0 Å². The van der Waals surface area contributed by atoms with Gasteiger partial charge in [-0.3, -0.25) is 9.59 Å². The maximum atomic E-state index is 13.2. The van der Waals surface area contributed by atoms with Gasteiger partial charge in [-0.1, -0.05) is 36.4 Å². The Labute approximate surface area is 218 Å². The summed E-state index contributed by atoms with van der Waals surface area (Å²) in [5.74, 6) is 2.16. The van der Waals surface area contributed by atoms with Crippen LogP contribution in [0.5, 0.6) is 11.5 Å². The highest BCUT2D eigenvalue weighted by Crippen LogP contribution is 2.41. The van der Waals surface area contributed by atoms with Crippen LogP contribution >= 0.6 is 0 Å². The maximum Gasteiger partial charge on any atom is 0.251 e. The average molecular weight is 499 g/mol. The number of carbonyl (C=O) groups excluding carboxylic acids is 2. The Balaban J connectivity index is 1.35. The number of nitrogens with zero attached hydrogens (tertiary/aromatic N) is 1. The van der Waals surface area contributed by atoms with Crippen LogP contribution in [0.25, 0.3) is 0 Å². The number of benzene rings is 3. The summed E-state index contributed by atoms with van der Waals surface area (Å²) in [6.07, 6.45) is 3.45. The highest BCUT2D eigenvalue weighted by molar-refractivity contribution is 5.94. The van der Waals surface area contributed by atoms with E-state index < -0.39 is 0 Å². The van der Waals surface area contributed by atoms with Crippen molar-refractivity contribution in [1.29, 1.82) is 0 Å². The molecule has 1 fully saturated rings. The Morgan fingerprint density at radius 2 is 1.89 bits per heavy atom. The van der Waals surface area contributed by atoms with Crippen molar-refractivity contribution in [3.05, 3.63) is 94.5 Å². The lowest BCUT2D eigenvalue weighted by Crippen LogP contribution is -2.41. The Morgan fingerprint density at radius 1 is 1.05 bits per heavy atom. The molecule has 1 heterocycles. The lowest BCUT2D eigenvalue weighted by molar-refractivity contribution is -0.130. The Bertz CT molecular complexity index is 1250. The van der Waals surface area contributed by atoms with Crippen molar-refractivity contribution in [3.63, 3.8) is 0 Å². The van der Waals surface area contributed by atoms with Gasteiger partial charge >= 0.3 is 0 Å². The fourth-order valence-electron chi connectivity index (χ4n) is 4.78. The summed E-state index contributed by atoms with van der Waals surface area (Å²) in [4.78, 5) is 27.9. The molecule has 2 bridgehead atoms. The standard InChI is InChI=1S/C31H34N2O4/c1-2-36-28-11-6-22(7-12-28)20-30(34)33-15-14-32-31(35)26-5-3-4-23(18-26)19-27-21-25(24-8-9-24)10-13-29(27)37-17-16-33/h3-7,10-13,18,21,24H,2,8-9,14-17,19-20H2,1H3,(H,32,35). The molecule has 0 saturated heterocycles. The summed E-state index contributed by atoms with van der Waals surface area (Å²) in [5, 5.41) is 2.98. The Hall–Kier alpha value is -3.80. The predicted molar refractivity (Wildman–Crippen MR) is 143 cm³/mol. The van der Waals surface area contributed by atoms with Gasteiger partial charge in [0.15, 0.2) is 0 Å². The number of carbonyl (C=O) groups is 2. The monoisotopic (exact) mass is 498 g/mol. The second-order valence-electron chi connectivity index (χ2n) is 9.76. The molecule has 1 aliphatic heterocycles. The van der Waals surface area contributed by atoms with E-state index >= 15 is 0 Å². The molecule has 0 radical (unpaired) electrons. The zero-order valence-electron chi connectivity index (χ0n) is 21.4. The van der Waals surface area contributed by atoms with Gasteiger partial charge in [0.1, 0.15) is 18.1 Å². The maximum absolute atomic E-state index is 13.2. The lowest BCUT2D eigenvalue weighted by atomic mass is 9.98. The van der Waals surface area contributed by atoms with Gasteiger partial charge in [0, 0.05) is 25.1 Å². The van der Waals surface area contributed by atoms with Gasteiger partial charge in [0.2, 0.25) is 5.91 Å². The van der Waals surface area contributed by atoms with Gasteiger partial charge in [-0.2, -0.15) is 0 Å². The van der Waals surface area contributed by atoms with Gasteiger partial charge in [-0.05, 0) is 78.3 Å². The average Bonchev–Trinajstić information content (AvgIpc) is 3.75. The molecular formula is C31H34N2O4. The summed E-state index contributed by atoms with van der Waals surface area (Å²) >= 11 is 0. The van der Waals surface area contributed by atoms with E-state index in [1.54, 1.807) is 4.90 Å². The van der Waals surface area contributed by atoms with Crippen LogP contribution < -0.4 is 14.8 Å². The molecular weight excluding hydrogens is 464 g/mol. The highest BCUT2D eigenvalue weighted by atomic mass is 16.5. The first-order valence-electron chi connectivity index (χ1n) is 13.2. The molecule has 0 aromatic heterocycles. The molecule has 37 heavy (non-hydrogen) atoms. The number of hydrogen-bond donors (Lipinski definition) is 1. The van der Waals surface area contributed by atoms with Crippen LogP contribution in [0, 0.1) is 0 Å². The summed E-state index contributed by atoms with van der Waals surface area (Å²) in [6, 6.07) is 21.9. The van der Waals surface area contributed by atoms with Gasteiger partial charge < -0.3 is 19.7 Å². The smallest absolute Gasteiger partial charge is 0.251 e. The molecule has 192 valence electrons. The molecule has 3 aromatic rings. The molecule has 5 rings (SSSR count). The van der Waals surface area contributed by atoms with Crippen molar-refractivity contribution in [2.45, 2.75) is 38.5 Å². The van der Waals surface area contributed by atoms with Crippen LogP contribution in [0.1, 0.15) is 58.3 Å². The normalized spacial score (nSPS) is 16.1. The lowest BCUT2D eigenvalue weighted by Gasteiger charge is -2.24. The van der Waals surface area contributed by atoms with Crippen molar-refractivity contribution in [3.8, 4) is 11.5 Å². The SMILES string of the molecule is CCOc1ccc(CC(=O)N2CCNC(=O)c3cccc(c3)Cc3cc(C4CC4)ccc3OCC2)cc1. The van der Waals surface area contributed by atoms with Crippen LogP contribution in [0.2, 0.25) is 0 Å². The van der Waals surface area contributed by atoms with Gasteiger partial charge in [-0.25, -0.2) is 0 Å². The van der Waals surface area contributed by atoms with Gasteiger partial charge in [0.05, 0.1) is 19.6 Å². The number of rotatable bonds is 5. The third kappa shape index (κ3) is 6.50. The highest BCUT2D eigenvalue weighted by Gasteiger charge is 2.24. The van der Waals surface area contributed by atoms with Crippen molar-refractivity contribution in [1.82, 2.24) is 10.2 Å². The summed E-state index contributed by atoms with van der Waals surface area (Å²) in [7, 11) is 0. The Kier molecular flexibility index (Phi) is 7.73. The van der Waals surface area contributed by atoms with Crippen LogP contribution in [0.15, 0.2) is 66.7 Å². The van der Waals surface area contributed by atoms with Crippen molar-refractivity contribution in [2.24, 2.45) is 0 Å². The van der Waals surface area contributed by atoms with Crippen LogP contribution in [-0.2, 0) is 17.6 Å². The fraction of sp³-hybridized carbons (Fsp3) is 0.355. The van der Waals surface area contributed by atoms with E-state index in [2.05, 4.69) is 29.6 Å². The van der Waals surface area contributed by atoms with E-state index in [0.717, 1.165) is 28.2 Å². The zero-order valence-corrected chi connectivity index (χ0v) is 21.4. The predicted octanol–water partition coefficient (Wildman–Crippen LogP) is 4.75. The van der Waals surface area contributed by atoms with Crippen LogP contribution in [-0.4, -0.2) is 49.6 Å². The van der Waals surface area contributed by atoms with Gasteiger partial charge in [0.25, 0.3) is 5.91 Å². The number of fused-ring (bicyclic) bond motifs is 3. The van der Waals surface area contributed by atoms with Gasteiger partial charge in [-0.15, -0.1) is 0 Å². The Morgan fingerprint density at radius 3 is 2.68 bits per heavy atom. The first kappa shape index (κ1) is 24.9. The van der Waals surface area contributed by atoms with E-state index in [9.17, 15) is 9.59 Å². The molecule has 1 N–H and O–H groups in total. The van der Waals surface area contributed by atoms with Crippen molar-refractivity contribution >= 4 is 11.8 Å². The number of hydrogen-bond acceptors (Lipinski definition) is 4. The molecule has 0 unspecified atom stereocenters. The minimum Gasteiger partial charge on any atom is -0.494 e. The topological polar surface area (TPSA) is 67.9 Å². The first-order chi connectivity index (χ1) is 18.1.